The summed E-state index contributed by atoms with van der Waals surface area (Å²) in [7, 11) is 3.50. The summed E-state index contributed by atoms with van der Waals surface area (Å²) < 4.78 is 5.68. The maximum atomic E-state index is 8.03. The van der Waals surface area contributed by atoms with Crippen molar-refractivity contribution in [1.29, 1.82) is 5.41 Å². The summed E-state index contributed by atoms with van der Waals surface area (Å²) in [5.41, 5.74) is 6.12. The van der Waals surface area contributed by atoms with Gasteiger partial charge in [0.1, 0.15) is 17.9 Å². The molecule has 3 N–H and O–H groups in total. The van der Waals surface area contributed by atoms with Crippen LogP contribution in [0.3, 0.4) is 0 Å². The van der Waals surface area contributed by atoms with Crippen LogP contribution in [0.15, 0.2) is 55.1 Å². The SMILES string of the molecule is CN/C=C(\C(C)=N)c1ccc(C(C)CNc2cc(-c3ccc(C)nc3)ncn2)c(OC)c1. The zero-order valence-electron chi connectivity index (χ0n) is 19.2. The van der Waals surface area contributed by atoms with Gasteiger partial charge in [-0.05, 0) is 43.2 Å². The van der Waals surface area contributed by atoms with Gasteiger partial charge in [-0.2, -0.15) is 0 Å². The van der Waals surface area contributed by atoms with Crippen LogP contribution in [-0.2, 0) is 0 Å². The van der Waals surface area contributed by atoms with Crippen molar-refractivity contribution in [1.82, 2.24) is 20.3 Å². The monoisotopic (exact) mass is 430 g/mol. The predicted octanol–water partition coefficient (Wildman–Crippen LogP) is 4.67. The summed E-state index contributed by atoms with van der Waals surface area (Å²) in [5.74, 6) is 1.74. The predicted molar refractivity (Wildman–Crippen MR) is 130 cm³/mol. The van der Waals surface area contributed by atoms with Crippen LogP contribution in [0.1, 0.15) is 36.6 Å². The molecule has 0 saturated heterocycles. The highest BCUT2D eigenvalue weighted by atomic mass is 16.5. The molecule has 0 fully saturated rings. The van der Waals surface area contributed by atoms with Crippen LogP contribution in [0.4, 0.5) is 5.82 Å². The first-order valence-electron chi connectivity index (χ1n) is 10.5. The van der Waals surface area contributed by atoms with E-state index < -0.39 is 0 Å². The van der Waals surface area contributed by atoms with Crippen molar-refractivity contribution >= 4 is 17.1 Å². The lowest BCUT2D eigenvalue weighted by molar-refractivity contribution is 0.407. The topological polar surface area (TPSA) is 95.8 Å². The third-order valence-corrected chi connectivity index (χ3v) is 5.23. The fourth-order valence-electron chi connectivity index (χ4n) is 3.44. The highest BCUT2D eigenvalue weighted by molar-refractivity contribution is 6.21. The Kier molecular flexibility index (Phi) is 7.54. The number of aromatic nitrogens is 3. The van der Waals surface area contributed by atoms with Gasteiger partial charge in [-0.25, -0.2) is 9.97 Å². The Morgan fingerprint density at radius 3 is 2.62 bits per heavy atom. The number of ether oxygens (including phenoxy) is 1. The van der Waals surface area contributed by atoms with Gasteiger partial charge in [-0.3, -0.25) is 4.98 Å². The minimum absolute atomic E-state index is 0.177. The van der Waals surface area contributed by atoms with Crippen LogP contribution >= 0.6 is 0 Å². The number of hydrogen-bond donors (Lipinski definition) is 3. The Bertz CT molecular complexity index is 1110. The molecule has 1 atom stereocenters. The molecule has 0 spiro atoms. The highest BCUT2D eigenvalue weighted by Crippen LogP contribution is 2.30. The lowest BCUT2D eigenvalue weighted by Crippen LogP contribution is -2.12. The van der Waals surface area contributed by atoms with Crippen molar-refractivity contribution in [2.75, 3.05) is 26.0 Å². The number of hydrogen-bond acceptors (Lipinski definition) is 7. The fourth-order valence-corrected chi connectivity index (χ4v) is 3.44. The van der Waals surface area contributed by atoms with E-state index in [1.54, 1.807) is 20.4 Å². The van der Waals surface area contributed by atoms with Crippen LogP contribution < -0.4 is 15.4 Å². The second kappa shape index (κ2) is 10.5. The summed E-state index contributed by atoms with van der Waals surface area (Å²) in [6.45, 7) is 6.56. The summed E-state index contributed by atoms with van der Waals surface area (Å²) in [5, 5.41) is 14.5. The molecule has 0 saturated carbocycles. The molecule has 0 bridgehead atoms. The van der Waals surface area contributed by atoms with Crippen molar-refractivity contribution in [3.63, 3.8) is 0 Å². The van der Waals surface area contributed by atoms with Crippen LogP contribution in [0.5, 0.6) is 5.75 Å². The molecule has 2 heterocycles. The van der Waals surface area contributed by atoms with Crippen molar-refractivity contribution < 1.29 is 4.74 Å². The van der Waals surface area contributed by atoms with Crippen molar-refractivity contribution in [2.24, 2.45) is 0 Å². The second-order valence-corrected chi connectivity index (χ2v) is 7.69. The number of methoxy groups -OCH3 is 1. The largest absolute Gasteiger partial charge is 0.496 e. The third-order valence-electron chi connectivity index (χ3n) is 5.23. The van der Waals surface area contributed by atoms with Crippen molar-refractivity contribution in [3.8, 4) is 17.0 Å². The minimum Gasteiger partial charge on any atom is -0.496 e. The molecule has 1 unspecified atom stereocenters. The molecule has 2 aromatic heterocycles. The number of nitrogens with one attached hydrogen (secondary N) is 3. The minimum atomic E-state index is 0.177. The maximum Gasteiger partial charge on any atom is 0.129 e. The van der Waals surface area contributed by atoms with Gasteiger partial charge in [0.05, 0.1) is 12.8 Å². The van der Waals surface area contributed by atoms with Gasteiger partial charge in [-0.15, -0.1) is 0 Å². The van der Waals surface area contributed by atoms with Gasteiger partial charge in [-0.1, -0.05) is 19.1 Å². The number of rotatable bonds is 9. The zero-order chi connectivity index (χ0) is 23.1. The number of pyridine rings is 1. The Labute approximate surface area is 189 Å². The van der Waals surface area contributed by atoms with E-state index in [9.17, 15) is 0 Å². The molecule has 7 heteroatoms. The number of benzene rings is 1. The molecule has 0 radical (unpaired) electrons. The molecule has 32 heavy (non-hydrogen) atoms. The smallest absolute Gasteiger partial charge is 0.129 e. The molecule has 0 aliphatic heterocycles. The first-order chi connectivity index (χ1) is 15.4. The Morgan fingerprint density at radius 1 is 1.16 bits per heavy atom. The quantitative estimate of drug-likeness (QED) is 0.427. The normalized spacial score (nSPS) is 12.2. The summed E-state index contributed by atoms with van der Waals surface area (Å²) >= 11 is 0. The number of nitrogens with zero attached hydrogens (tertiary/aromatic N) is 3. The van der Waals surface area contributed by atoms with E-state index in [1.807, 2.05) is 56.7 Å². The Balaban J connectivity index is 1.75. The third kappa shape index (κ3) is 5.49. The van der Waals surface area contributed by atoms with Crippen molar-refractivity contribution in [2.45, 2.75) is 26.7 Å². The van der Waals surface area contributed by atoms with Gasteiger partial charge < -0.3 is 20.8 Å². The number of aryl methyl sites for hydroxylation is 1. The van der Waals surface area contributed by atoms with E-state index in [0.717, 1.165) is 45.2 Å². The molecule has 3 rings (SSSR count). The van der Waals surface area contributed by atoms with E-state index >= 15 is 0 Å². The lowest BCUT2D eigenvalue weighted by atomic mass is 9.95. The molecular formula is C25H30N6O. The first kappa shape index (κ1) is 22.9. The average Bonchev–Trinajstić information content (AvgIpc) is 2.81. The maximum absolute atomic E-state index is 8.03. The molecule has 166 valence electrons. The summed E-state index contributed by atoms with van der Waals surface area (Å²) in [6.07, 6.45) is 5.22. The first-order valence-corrected chi connectivity index (χ1v) is 10.5. The van der Waals surface area contributed by atoms with Gasteiger partial charge in [0.2, 0.25) is 0 Å². The molecule has 0 amide bonds. The molecule has 3 aromatic rings. The number of allylic oxidation sites excluding steroid dienone is 1. The van der Waals surface area contributed by atoms with Gasteiger partial charge in [0.15, 0.2) is 0 Å². The Hall–Kier alpha value is -3.74. The average molecular weight is 431 g/mol. The van der Waals surface area contributed by atoms with E-state index in [4.69, 9.17) is 10.1 Å². The second-order valence-electron chi connectivity index (χ2n) is 7.69. The standard InChI is InChI=1S/C25H30N6O/c1-16(21-9-8-19(10-24(21)32-5)22(14-27-4)18(3)26)12-29-25-11-23(30-15-31-25)20-7-6-17(2)28-13-20/h6-11,13-16,26-27H,12H2,1-5H3,(H,29,30,31)/b22-14+,26-18?. The molecule has 1 aromatic carbocycles. The van der Waals surface area contributed by atoms with E-state index in [2.05, 4.69) is 38.6 Å². The number of anilines is 1. The summed E-state index contributed by atoms with van der Waals surface area (Å²) in [4.78, 5) is 13.1. The van der Waals surface area contributed by atoms with Crippen LogP contribution in [-0.4, -0.2) is 41.4 Å². The fraction of sp³-hybridized carbons (Fsp3) is 0.280. The summed E-state index contributed by atoms with van der Waals surface area (Å²) in [6, 6.07) is 12.0. The Morgan fingerprint density at radius 2 is 1.97 bits per heavy atom. The molecular weight excluding hydrogens is 400 g/mol. The molecule has 7 nitrogen and oxygen atoms in total. The molecule has 0 aliphatic carbocycles. The van der Waals surface area contributed by atoms with Gasteiger partial charge >= 0.3 is 0 Å². The van der Waals surface area contributed by atoms with E-state index in [0.29, 0.717) is 12.3 Å². The molecule has 0 aliphatic rings. The van der Waals surface area contributed by atoms with Crippen LogP contribution in [0.2, 0.25) is 0 Å². The zero-order valence-corrected chi connectivity index (χ0v) is 19.2. The lowest BCUT2D eigenvalue weighted by Gasteiger charge is -2.18. The van der Waals surface area contributed by atoms with Gasteiger partial charge in [0, 0.05) is 60.5 Å². The van der Waals surface area contributed by atoms with Crippen molar-refractivity contribution in [3.05, 3.63) is 71.9 Å². The van der Waals surface area contributed by atoms with Gasteiger partial charge in [0.25, 0.3) is 0 Å². The van der Waals surface area contributed by atoms with E-state index in [1.165, 1.54) is 0 Å². The van der Waals surface area contributed by atoms with Crippen LogP contribution in [0, 0.1) is 12.3 Å². The van der Waals surface area contributed by atoms with Crippen LogP contribution in [0.25, 0.3) is 16.8 Å². The highest BCUT2D eigenvalue weighted by Gasteiger charge is 2.15. The van der Waals surface area contributed by atoms with E-state index in [-0.39, 0.29) is 5.92 Å².